The van der Waals surface area contributed by atoms with E-state index in [1.54, 1.807) is 16.2 Å². The van der Waals surface area contributed by atoms with Crippen molar-refractivity contribution in [1.82, 2.24) is 9.80 Å². The molecular formula is C21H26ClN3O3S. The molecule has 2 aromatic rings. The van der Waals surface area contributed by atoms with Crippen molar-refractivity contribution in [3.63, 3.8) is 0 Å². The van der Waals surface area contributed by atoms with Crippen molar-refractivity contribution in [3.05, 3.63) is 52.7 Å². The second kappa shape index (κ2) is 9.71. The first-order valence-corrected chi connectivity index (χ1v) is 10.6. The summed E-state index contributed by atoms with van der Waals surface area (Å²) in [4.78, 5) is 32.1. The van der Waals surface area contributed by atoms with E-state index in [2.05, 4.69) is 4.90 Å². The van der Waals surface area contributed by atoms with Gasteiger partial charge in [-0.25, -0.2) is 0 Å². The Labute approximate surface area is 181 Å². The molecule has 2 fully saturated rings. The SMILES string of the molecule is Cl.O=C(C1CC(=O)N(c2ccccc2)C1)N1CCN(CC(O)c2cccs2)CC1. The van der Waals surface area contributed by atoms with E-state index in [1.165, 1.54) is 0 Å². The molecule has 1 aromatic carbocycles. The molecule has 6 nitrogen and oxygen atoms in total. The molecule has 2 atom stereocenters. The minimum atomic E-state index is -0.478. The number of aliphatic hydroxyl groups is 1. The van der Waals surface area contributed by atoms with Gasteiger partial charge in [-0.1, -0.05) is 24.3 Å². The number of aliphatic hydroxyl groups excluding tert-OH is 1. The highest BCUT2D eigenvalue weighted by Gasteiger charge is 2.38. The fourth-order valence-corrected chi connectivity index (χ4v) is 4.66. The summed E-state index contributed by atoms with van der Waals surface area (Å²) in [5.74, 6) is -0.177. The number of carbonyl (C=O) groups is 2. The number of para-hydroxylation sites is 1. The summed E-state index contributed by atoms with van der Waals surface area (Å²) in [5, 5.41) is 12.3. The maximum atomic E-state index is 12.9. The molecule has 156 valence electrons. The Balaban J connectivity index is 0.00000240. The van der Waals surface area contributed by atoms with Crippen molar-refractivity contribution in [2.24, 2.45) is 5.92 Å². The predicted molar refractivity (Wildman–Crippen MR) is 116 cm³/mol. The molecule has 1 aromatic heterocycles. The van der Waals surface area contributed by atoms with Gasteiger partial charge in [0.05, 0.1) is 5.92 Å². The molecular weight excluding hydrogens is 410 g/mol. The second-order valence-electron chi connectivity index (χ2n) is 7.40. The monoisotopic (exact) mass is 435 g/mol. The molecule has 2 aliphatic rings. The smallest absolute Gasteiger partial charge is 0.228 e. The number of rotatable bonds is 5. The van der Waals surface area contributed by atoms with Crippen LogP contribution in [0.1, 0.15) is 17.4 Å². The van der Waals surface area contributed by atoms with Crippen LogP contribution in [0.25, 0.3) is 0 Å². The van der Waals surface area contributed by atoms with Gasteiger partial charge in [0.25, 0.3) is 0 Å². The summed E-state index contributed by atoms with van der Waals surface area (Å²) in [5.41, 5.74) is 0.857. The van der Waals surface area contributed by atoms with Gasteiger partial charge in [-0.15, -0.1) is 23.7 Å². The van der Waals surface area contributed by atoms with Crippen molar-refractivity contribution in [1.29, 1.82) is 0 Å². The third kappa shape index (κ3) is 4.98. The number of thiophene rings is 1. The molecule has 0 bridgehead atoms. The summed E-state index contributed by atoms with van der Waals surface area (Å²) in [6, 6.07) is 13.4. The van der Waals surface area contributed by atoms with E-state index in [0.29, 0.717) is 26.2 Å². The number of halogens is 1. The van der Waals surface area contributed by atoms with Crippen molar-refractivity contribution < 1.29 is 14.7 Å². The molecule has 8 heteroatoms. The molecule has 0 spiro atoms. The average molecular weight is 436 g/mol. The maximum absolute atomic E-state index is 12.9. The number of piperazine rings is 1. The largest absolute Gasteiger partial charge is 0.386 e. The molecule has 1 N–H and O–H groups in total. The number of anilines is 1. The van der Waals surface area contributed by atoms with Gasteiger partial charge in [0.15, 0.2) is 0 Å². The van der Waals surface area contributed by atoms with Crippen LogP contribution >= 0.6 is 23.7 Å². The van der Waals surface area contributed by atoms with Gasteiger partial charge >= 0.3 is 0 Å². The van der Waals surface area contributed by atoms with Crippen LogP contribution in [-0.4, -0.2) is 66.0 Å². The maximum Gasteiger partial charge on any atom is 0.228 e. The van der Waals surface area contributed by atoms with Crippen molar-refractivity contribution in [2.45, 2.75) is 12.5 Å². The van der Waals surface area contributed by atoms with E-state index >= 15 is 0 Å². The van der Waals surface area contributed by atoms with Gasteiger partial charge in [0, 0.05) is 56.3 Å². The molecule has 2 amide bonds. The Bertz CT molecular complexity index is 810. The Morgan fingerprint density at radius 1 is 1.10 bits per heavy atom. The summed E-state index contributed by atoms with van der Waals surface area (Å²) in [6.45, 7) is 3.83. The van der Waals surface area contributed by atoms with E-state index in [9.17, 15) is 14.7 Å². The van der Waals surface area contributed by atoms with Crippen molar-refractivity contribution in [2.75, 3.05) is 44.2 Å². The topological polar surface area (TPSA) is 64.1 Å². The molecule has 0 aliphatic carbocycles. The lowest BCUT2D eigenvalue weighted by atomic mass is 10.1. The fraction of sp³-hybridized carbons (Fsp3) is 0.429. The van der Waals surface area contributed by atoms with Gasteiger partial charge in [0.2, 0.25) is 11.8 Å². The number of carbonyl (C=O) groups excluding carboxylic acids is 2. The number of hydrogen-bond donors (Lipinski definition) is 1. The third-order valence-electron chi connectivity index (χ3n) is 5.53. The van der Waals surface area contributed by atoms with Crippen molar-refractivity contribution >= 4 is 41.2 Å². The van der Waals surface area contributed by atoms with E-state index in [4.69, 9.17) is 0 Å². The number of benzene rings is 1. The lowest BCUT2D eigenvalue weighted by Gasteiger charge is -2.36. The van der Waals surface area contributed by atoms with Gasteiger partial charge < -0.3 is 14.9 Å². The molecule has 2 saturated heterocycles. The van der Waals surface area contributed by atoms with Crippen LogP contribution in [0.15, 0.2) is 47.8 Å². The normalized spacial score (nSPS) is 21.1. The van der Waals surface area contributed by atoms with Gasteiger partial charge in [-0.2, -0.15) is 0 Å². The Morgan fingerprint density at radius 2 is 1.83 bits per heavy atom. The molecule has 2 unspecified atom stereocenters. The number of hydrogen-bond acceptors (Lipinski definition) is 5. The van der Waals surface area contributed by atoms with Gasteiger partial charge in [0.1, 0.15) is 6.10 Å². The molecule has 0 radical (unpaired) electrons. The lowest BCUT2D eigenvalue weighted by Crippen LogP contribution is -2.51. The number of amides is 2. The standard InChI is InChI=1S/C21H25N3O3S.ClH/c25-18(19-7-4-12-28-19)15-22-8-10-23(11-9-22)21(27)16-13-20(26)24(14-16)17-5-2-1-3-6-17;/h1-7,12,16,18,25H,8-11,13-15H2;1H. The Kier molecular flexibility index (Phi) is 7.29. The summed E-state index contributed by atoms with van der Waals surface area (Å²) in [7, 11) is 0. The predicted octanol–water partition coefficient (Wildman–Crippen LogP) is 2.40. The van der Waals surface area contributed by atoms with Crippen LogP contribution in [-0.2, 0) is 9.59 Å². The zero-order chi connectivity index (χ0) is 19.5. The van der Waals surface area contributed by atoms with Gasteiger partial charge in [-0.05, 0) is 23.6 Å². The number of β-amino-alcohol motifs (C(OH)–C–C–N with tert-alkyl or cyclic N) is 1. The first-order chi connectivity index (χ1) is 13.6. The summed E-state index contributed by atoms with van der Waals surface area (Å²) >= 11 is 1.56. The zero-order valence-electron chi connectivity index (χ0n) is 16.1. The van der Waals surface area contributed by atoms with Crippen LogP contribution in [0.2, 0.25) is 0 Å². The lowest BCUT2D eigenvalue weighted by molar-refractivity contribution is -0.137. The van der Waals surface area contributed by atoms with Crippen LogP contribution < -0.4 is 4.90 Å². The average Bonchev–Trinajstić information content (AvgIpc) is 3.39. The highest BCUT2D eigenvalue weighted by atomic mass is 35.5. The summed E-state index contributed by atoms with van der Waals surface area (Å²) < 4.78 is 0. The van der Waals surface area contributed by atoms with E-state index in [1.807, 2.05) is 52.7 Å². The Morgan fingerprint density at radius 3 is 2.48 bits per heavy atom. The Hall–Kier alpha value is -1.93. The minimum Gasteiger partial charge on any atom is -0.386 e. The first-order valence-electron chi connectivity index (χ1n) is 9.70. The molecule has 29 heavy (non-hydrogen) atoms. The summed E-state index contributed by atoms with van der Waals surface area (Å²) in [6.07, 6.45) is -0.195. The van der Waals surface area contributed by atoms with E-state index in [0.717, 1.165) is 23.7 Å². The van der Waals surface area contributed by atoms with E-state index in [-0.39, 0.29) is 36.6 Å². The number of nitrogens with zero attached hydrogens (tertiary/aromatic N) is 3. The molecule has 4 rings (SSSR count). The quantitative estimate of drug-likeness (QED) is 0.783. The molecule has 2 aliphatic heterocycles. The van der Waals surface area contributed by atoms with Crippen LogP contribution in [0, 0.1) is 5.92 Å². The second-order valence-corrected chi connectivity index (χ2v) is 8.38. The highest BCUT2D eigenvalue weighted by Crippen LogP contribution is 2.27. The first kappa shape index (κ1) is 21.8. The fourth-order valence-electron chi connectivity index (χ4n) is 3.95. The van der Waals surface area contributed by atoms with Crippen molar-refractivity contribution in [3.8, 4) is 0 Å². The molecule has 0 saturated carbocycles. The van der Waals surface area contributed by atoms with Crippen LogP contribution in [0.5, 0.6) is 0 Å². The third-order valence-corrected chi connectivity index (χ3v) is 6.50. The zero-order valence-corrected chi connectivity index (χ0v) is 17.8. The van der Waals surface area contributed by atoms with E-state index < -0.39 is 6.10 Å². The highest BCUT2D eigenvalue weighted by molar-refractivity contribution is 7.10. The van der Waals surface area contributed by atoms with Crippen LogP contribution in [0.3, 0.4) is 0 Å². The van der Waals surface area contributed by atoms with Crippen LogP contribution in [0.4, 0.5) is 5.69 Å². The molecule has 3 heterocycles. The minimum absolute atomic E-state index is 0. The van der Waals surface area contributed by atoms with Gasteiger partial charge in [-0.3, -0.25) is 14.5 Å².